The first-order chi connectivity index (χ1) is 13.3. The van der Waals surface area contributed by atoms with Crippen molar-refractivity contribution in [3.05, 3.63) is 70.5 Å². The third-order valence-electron chi connectivity index (χ3n) is 4.74. The van der Waals surface area contributed by atoms with Crippen LogP contribution < -0.4 is 5.73 Å². The van der Waals surface area contributed by atoms with Gasteiger partial charge in [-0.2, -0.15) is 0 Å². The third kappa shape index (κ3) is 3.88. The minimum absolute atomic E-state index is 0.177. The van der Waals surface area contributed by atoms with Gasteiger partial charge in [0.05, 0.1) is 12.0 Å². The standard InChI is InChI=1S/C21H21F3N2O2/c1-11(2)16(17-14(22)9-15(23)18(19(17)24)20(25)27)21-26-13(10-28-21)8-12-6-4-3-5-7-12/h3-7,9,11,13,16H,8,10H2,1-2H3,(H2,25,27)/t13-,16-/m0/s1. The van der Waals surface area contributed by atoms with E-state index in [0.29, 0.717) is 12.5 Å². The highest BCUT2D eigenvalue weighted by Gasteiger charge is 2.36. The molecule has 2 atom stereocenters. The molecule has 0 spiro atoms. The number of primary amides is 1. The van der Waals surface area contributed by atoms with Crippen molar-refractivity contribution in [2.24, 2.45) is 16.6 Å². The van der Waals surface area contributed by atoms with Crippen LogP contribution in [0.15, 0.2) is 41.4 Å². The van der Waals surface area contributed by atoms with Gasteiger partial charge in [0.1, 0.15) is 29.6 Å². The van der Waals surface area contributed by atoms with Gasteiger partial charge in [-0.1, -0.05) is 44.2 Å². The van der Waals surface area contributed by atoms with Gasteiger partial charge in [0.25, 0.3) is 5.91 Å². The zero-order chi connectivity index (χ0) is 20.4. The monoisotopic (exact) mass is 390 g/mol. The summed E-state index contributed by atoms with van der Waals surface area (Å²) >= 11 is 0. The van der Waals surface area contributed by atoms with Crippen molar-refractivity contribution in [2.45, 2.75) is 32.2 Å². The molecule has 148 valence electrons. The van der Waals surface area contributed by atoms with E-state index in [0.717, 1.165) is 5.56 Å². The van der Waals surface area contributed by atoms with Crippen molar-refractivity contribution < 1.29 is 22.7 Å². The van der Waals surface area contributed by atoms with Gasteiger partial charge in [-0.15, -0.1) is 0 Å². The zero-order valence-electron chi connectivity index (χ0n) is 15.6. The molecule has 28 heavy (non-hydrogen) atoms. The Morgan fingerprint density at radius 2 is 1.89 bits per heavy atom. The first-order valence-electron chi connectivity index (χ1n) is 9.01. The summed E-state index contributed by atoms with van der Waals surface area (Å²) in [6.07, 6.45) is 0.621. The third-order valence-corrected chi connectivity index (χ3v) is 4.74. The van der Waals surface area contributed by atoms with Crippen LogP contribution in [0, 0.1) is 23.4 Å². The Labute approximate surface area is 161 Å². The fraction of sp³-hybridized carbons (Fsp3) is 0.333. The number of carbonyl (C=O) groups excluding carboxylic acids is 1. The van der Waals surface area contributed by atoms with E-state index in [-0.39, 0.29) is 24.5 Å². The van der Waals surface area contributed by atoms with Crippen LogP contribution in [-0.4, -0.2) is 24.5 Å². The number of hydrogen-bond acceptors (Lipinski definition) is 3. The predicted octanol–water partition coefficient (Wildman–Crippen LogP) is 3.98. The summed E-state index contributed by atoms with van der Waals surface area (Å²) in [7, 11) is 0. The number of nitrogens with zero attached hydrogens (tertiary/aromatic N) is 1. The van der Waals surface area contributed by atoms with E-state index in [1.54, 1.807) is 13.8 Å². The average molecular weight is 390 g/mol. The van der Waals surface area contributed by atoms with Gasteiger partial charge in [-0.25, -0.2) is 18.2 Å². The van der Waals surface area contributed by atoms with E-state index in [4.69, 9.17) is 10.5 Å². The number of ether oxygens (including phenoxy) is 1. The summed E-state index contributed by atoms with van der Waals surface area (Å²) < 4.78 is 48.9. The van der Waals surface area contributed by atoms with Crippen LogP contribution in [0.3, 0.4) is 0 Å². The fourth-order valence-electron chi connectivity index (χ4n) is 3.46. The number of nitrogens with two attached hydrogens (primary N) is 1. The number of hydrogen-bond donors (Lipinski definition) is 1. The SMILES string of the molecule is CC(C)[C@H](C1=N[C@@H](Cc2ccccc2)CO1)c1c(F)cc(F)c(C(N)=O)c1F. The molecule has 0 unspecified atom stereocenters. The second-order valence-electron chi connectivity index (χ2n) is 7.15. The lowest BCUT2D eigenvalue weighted by molar-refractivity contribution is 0.0991. The molecule has 2 N–H and O–H groups in total. The van der Waals surface area contributed by atoms with Gasteiger partial charge in [-0.05, 0) is 17.9 Å². The summed E-state index contributed by atoms with van der Waals surface area (Å²) in [5.41, 5.74) is 4.72. The maximum absolute atomic E-state index is 14.9. The van der Waals surface area contributed by atoms with E-state index in [9.17, 15) is 18.0 Å². The molecule has 0 aliphatic carbocycles. The molecular weight excluding hydrogens is 369 g/mol. The molecule has 3 rings (SSSR count). The summed E-state index contributed by atoms with van der Waals surface area (Å²) in [6.45, 7) is 3.76. The molecule has 0 aromatic heterocycles. The second kappa shape index (κ2) is 8.04. The van der Waals surface area contributed by atoms with E-state index in [1.807, 2.05) is 30.3 Å². The minimum atomic E-state index is -1.33. The lowest BCUT2D eigenvalue weighted by atomic mass is 9.86. The van der Waals surface area contributed by atoms with E-state index in [2.05, 4.69) is 4.99 Å². The molecule has 0 fully saturated rings. The largest absolute Gasteiger partial charge is 0.478 e. The van der Waals surface area contributed by atoms with Crippen LogP contribution in [0.25, 0.3) is 0 Å². The first-order valence-corrected chi connectivity index (χ1v) is 9.01. The zero-order valence-corrected chi connectivity index (χ0v) is 15.6. The molecule has 1 amide bonds. The highest BCUT2D eigenvalue weighted by atomic mass is 19.1. The van der Waals surface area contributed by atoms with Gasteiger partial charge in [-0.3, -0.25) is 4.79 Å². The van der Waals surface area contributed by atoms with Crippen molar-refractivity contribution in [3.8, 4) is 0 Å². The normalized spacial score (nSPS) is 17.4. The van der Waals surface area contributed by atoms with E-state index >= 15 is 0 Å². The Morgan fingerprint density at radius 3 is 2.50 bits per heavy atom. The smallest absolute Gasteiger partial charge is 0.254 e. The summed E-state index contributed by atoms with van der Waals surface area (Å²) in [5.74, 6) is -6.07. The van der Waals surface area contributed by atoms with Crippen molar-refractivity contribution >= 4 is 11.8 Å². The number of rotatable bonds is 6. The maximum Gasteiger partial charge on any atom is 0.254 e. The van der Waals surface area contributed by atoms with Gasteiger partial charge in [0.2, 0.25) is 0 Å². The Hall–Kier alpha value is -2.83. The molecule has 4 nitrogen and oxygen atoms in total. The predicted molar refractivity (Wildman–Crippen MR) is 99.7 cm³/mol. The van der Waals surface area contributed by atoms with Gasteiger partial charge in [0, 0.05) is 11.6 Å². The number of aliphatic imine (C=N–C) groups is 1. The molecule has 2 aromatic rings. The van der Waals surface area contributed by atoms with Crippen LogP contribution in [0.2, 0.25) is 0 Å². The lowest BCUT2D eigenvalue weighted by Crippen LogP contribution is -2.25. The number of halogens is 3. The summed E-state index contributed by atoms with van der Waals surface area (Å²) in [4.78, 5) is 15.9. The summed E-state index contributed by atoms with van der Waals surface area (Å²) in [5, 5.41) is 0. The maximum atomic E-state index is 14.9. The molecular formula is C21H21F3N2O2. The Morgan fingerprint density at radius 1 is 1.21 bits per heavy atom. The Bertz CT molecular complexity index is 914. The van der Waals surface area contributed by atoms with Gasteiger partial charge in [0.15, 0.2) is 5.90 Å². The Balaban J connectivity index is 1.98. The minimum Gasteiger partial charge on any atom is -0.478 e. The van der Waals surface area contributed by atoms with Gasteiger partial charge < -0.3 is 10.5 Å². The topological polar surface area (TPSA) is 64.7 Å². The van der Waals surface area contributed by atoms with Crippen molar-refractivity contribution in [1.82, 2.24) is 0 Å². The summed E-state index contributed by atoms with van der Waals surface area (Å²) in [6, 6.07) is 9.96. The number of benzene rings is 2. The Kier molecular flexibility index (Phi) is 5.72. The first kappa shape index (κ1) is 19.9. The van der Waals surface area contributed by atoms with Crippen molar-refractivity contribution in [3.63, 3.8) is 0 Å². The highest BCUT2D eigenvalue weighted by Crippen LogP contribution is 2.35. The molecule has 2 aromatic carbocycles. The molecule has 0 saturated heterocycles. The fourth-order valence-corrected chi connectivity index (χ4v) is 3.46. The quantitative estimate of drug-likeness (QED) is 0.811. The van der Waals surface area contributed by atoms with Crippen LogP contribution >= 0.6 is 0 Å². The molecule has 1 heterocycles. The number of carbonyl (C=O) groups is 1. The number of amides is 1. The molecule has 1 aliphatic heterocycles. The van der Waals surface area contributed by atoms with Crippen LogP contribution in [-0.2, 0) is 11.2 Å². The lowest BCUT2D eigenvalue weighted by Gasteiger charge is -2.22. The van der Waals surface area contributed by atoms with Crippen molar-refractivity contribution in [1.29, 1.82) is 0 Å². The molecule has 0 saturated carbocycles. The average Bonchev–Trinajstić information content (AvgIpc) is 3.06. The molecule has 1 aliphatic rings. The molecule has 0 radical (unpaired) electrons. The van der Waals surface area contributed by atoms with Crippen LogP contribution in [0.4, 0.5) is 13.2 Å². The molecule has 7 heteroatoms. The molecule has 0 bridgehead atoms. The second-order valence-corrected chi connectivity index (χ2v) is 7.15. The van der Waals surface area contributed by atoms with Gasteiger partial charge >= 0.3 is 0 Å². The van der Waals surface area contributed by atoms with Crippen molar-refractivity contribution in [2.75, 3.05) is 6.61 Å². The van der Waals surface area contributed by atoms with Crippen LogP contribution in [0.1, 0.15) is 41.3 Å². The van der Waals surface area contributed by atoms with Crippen LogP contribution in [0.5, 0.6) is 0 Å². The van der Waals surface area contributed by atoms with E-state index in [1.165, 1.54) is 0 Å². The highest BCUT2D eigenvalue weighted by molar-refractivity contribution is 5.94. The van der Waals surface area contributed by atoms with E-state index < -0.39 is 40.4 Å².